The number of nitrogens with one attached hydrogen (secondary N) is 1. The third-order valence-electron chi connectivity index (χ3n) is 3.87. The summed E-state index contributed by atoms with van der Waals surface area (Å²) in [6.45, 7) is 4.03. The number of amides is 1. The van der Waals surface area contributed by atoms with Crippen molar-refractivity contribution in [3.05, 3.63) is 30.1 Å². The molecule has 1 heterocycles. The lowest BCUT2D eigenvalue weighted by atomic mass is 10.1. The van der Waals surface area contributed by atoms with E-state index in [1.54, 1.807) is 24.0 Å². The molecule has 1 fully saturated rings. The quantitative estimate of drug-likeness (QED) is 0.893. The number of hydrogen-bond donors (Lipinski definition) is 1. The maximum Gasteiger partial charge on any atom is 0.245 e. The zero-order chi connectivity index (χ0) is 16.3. The Hall–Kier alpha value is -1.63. The maximum absolute atomic E-state index is 12.9. The van der Waals surface area contributed by atoms with E-state index < -0.39 is 15.9 Å². The molecule has 2 atom stereocenters. The Kier molecular flexibility index (Phi) is 5.05. The molecule has 0 radical (unpaired) electrons. The number of halogens is 1. The smallest absolute Gasteiger partial charge is 0.245 e. The lowest BCUT2D eigenvalue weighted by Crippen LogP contribution is -2.47. The summed E-state index contributed by atoms with van der Waals surface area (Å²) in [7, 11) is -3.03. The molecular weight excluding hydrogens is 307 g/mol. The number of carbonyl (C=O) groups excluding carboxylic acids is 1. The lowest BCUT2D eigenvalue weighted by Gasteiger charge is -2.30. The zero-order valence-electron chi connectivity index (χ0n) is 12.8. The molecule has 1 aromatic carbocycles. The van der Waals surface area contributed by atoms with Crippen LogP contribution in [0.2, 0.25) is 0 Å². The molecule has 1 aliphatic heterocycles. The third-order valence-corrected chi connectivity index (χ3v) is 5.62. The number of benzene rings is 1. The monoisotopic (exact) mass is 328 g/mol. The number of carbonyl (C=O) groups is 1. The number of hydrogen-bond acceptors (Lipinski definition) is 4. The molecule has 0 saturated carbocycles. The van der Waals surface area contributed by atoms with Gasteiger partial charge in [0.15, 0.2) is 9.84 Å². The van der Waals surface area contributed by atoms with Gasteiger partial charge in [0.2, 0.25) is 5.91 Å². The summed E-state index contributed by atoms with van der Waals surface area (Å²) < 4.78 is 36.1. The maximum atomic E-state index is 12.9. The molecule has 0 bridgehead atoms. The summed E-state index contributed by atoms with van der Waals surface area (Å²) in [5.41, 5.74) is 0.650. The molecule has 0 aliphatic carbocycles. The Balaban J connectivity index is 2.03. The van der Waals surface area contributed by atoms with E-state index in [1.165, 1.54) is 12.1 Å². The van der Waals surface area contributed by atoms with Gasteiger partial charge < -0.3 is 10.2 Å². The Morgan fingerprint density at radius 3 is 2.55 bits per heavy atom. The van der Waals surface area contributed by atoms with Crippen molar-refractivity contribution in [2.75, 3.05) is 23.4 Å². The SMILES string of the molecule is CCN(C(=O)C(C)Nc1ccc(F)cc1)C1CCS(=O)(=O)C1. The van der Waals surface area contributed by atoms with E-state index in [0.717, 1.165) is 0 Å². The third kappa shape index (κ3) is 3.97. The molecule has 22 heavy (non-hydrogen) atoms. The van der Waals surface area contributed by atoms with Crippen LogP contribution >= 0.6 is 0 Å². The summed E-state index contributed by atoms with van der Waals surface area (Å²) in [5, 5.41) is 3.02. The van der Waals surface area contributed by atoms with Crippen LogP contribution in [-0.4, -0.2) is 49.4 Å². The first-order valence-corrected chi connectivity index (χ1v) is 9.17. The molecule has 1 aliphatic rings. The molecule has 5 nitrogen and oxygen atoms in total. The highest BCUT2D eigenvalue weighted by Gasteiger charge is 2.35. The van der Waals surface area contributed by atoms with Crippen molar-refractivity contribution in [1.29, 1.82) is 0 Å². The first-order valence-electron chi connectivity index (χ1n) is 7.35. The predicted octanol–water partition coefficient (Wildman–Crippen LogP) is 1.66. The van der Waals surface area contributed by atoms with E-state index in [2.05, 4.69) is 5.32 Å². The number of likely N-dealkylation sites (N-methyl/N-ethyl adjacent to an activating group) is 1. The van der Waals surface area contributed by atoms with Crippen LogP contribution in [0, 0.1) is 5.82 Å². The fourth-order valence-electron chi connectivity index (χ4n) is 2.72. The van der Waals surface area contributed by atoms with Gasteiger partial charge in [-0.25, -0.2) is 12.8 Å². The average molecular weight is 328 g/mol. The number of rotatable bonds is 5. The van der Waals surface area contributed by atoms with Crippen LogP contribution < -0.4 is 5.32 Å². The summed E-state index contributed by atoms with van der Waals surface area (Å²) in [6.07, 6.45) is 0.491. The van der Waals surface area contributed by atoms with Crippen molar-refractivity contribution in [2.45, 2.75) is 32.4 Å². The standard InChI is InChI=1S/C15H21FN2O3S/c1-3-18(14-8-9-22(20,21)10-14)15(19)11(2)17-13-6-4-12(16)5-7-13/h4-7,11,14,17H,3,8-10H2,1-2H3. The Bertz CT molecular complexity index is 631. The number of anilines is 1. The fourth-order valence-corrected chi connectivity index (χ4v) is 4.45. The minimum Gasteiger partial charge on any atom is -0.374 e. The van der Waals surface area contributed by atoms with Crippen LogP contribution in [0.25, 0.3) is 0 Å². The molecule has 2 unspecified atom stereocenters. The van der Waals surface area contributed by atoms with Crippen LogP contribution in [0.15, 0.2) is 24.3 Å². The zero-order valence-corrected chi connectivity index (χ0v) is 13.6. The Morgan fingerprint density at radius 1 is 1.41 bits per heavy atom. The van der Waals surface area contributed by atoms with E-state index in [-0.39, 0.29) is 29.3 Å². The molecular formula is C15H21FN2O3S. The lowest BCUT2D eigenvalue weighted by molar-refractivity contribution is -0.133. The van der Waals surface area contributed by atoms with Crippen molar-refractivity contribution in [2.24, 2.45) is 0 Å². The van der Waals surface area contributed by atoms with Gasteiger partial charge in [0.25, 0.3) is 0 Å². The summed E-state index contributed by atoms with van der Waals surface area (Å²) in [5.74, 6) is -0.304. The van der Waals surface area contributed by atoms with Gasteiger partial charge in [0.1, 0.15) is 11.9 Å². The molecule has 0 aromatic heterocycles. The Labute approximate surface area is 130 Å². The second-order valence-corrected chi connectivity index (χ2v) is 7.78. The van der Waals surface area contributed by atoms with Crippen LogP contribution in [0.4, 0.5) is 10.1 Å². The van der Waals surface area contributed by atoms with Gasteiger partial charge in [-0.1, -0.05) is 0 Å². The number of nitrogens with zero attached hydrogens (tertiary/aromatic N) is 1. The van der Waals surface area contributed by atoms with Gasteiger partial charge in [-0.15, -0.1) is 0 Å². The molecule has 7 heteroatoms. The van der Waals surface area contributed by atoms with Crippen molar-refractivity contribution in [1.82, 2.24) is 4.90 Å². The first-order chi connectivity index (χ1) is 10.3. The van der Waals surface area contributed by atoms with E-state index >= 15 is 0 Å². The van der Waals surface area contributed by atoms with Crippen LogP contribution in [-0.2, 0) is 14.6 Å². The van der Waals surface area contributed by atoms with Crippen molar-refractivity contribution in [3.63, 3.8) is 0 Å². The molecule has 0 spiro atoms. The Morgan fingerprint density at radius 2 is 2.05 bits per heavy atom. The summed E-state index contributed by atoms with van der Waals surface area (Å²) in [4.78, 5) is 14.2. The molecule has 122 valence electrons. The predicted molar refractivity (Wildman–Crippen MR) is 83.9 cm³/mol. The van der Waals surface area contributed by atoms with Crippen molar-refractivity contribution < 1.29 is 17.6 Å². The minimum atomic E-state index is -3.03. The first kappa shape index (κ1) is 16.7. The highest BCUT2D eigenvalue weighted by Crippen LogP contribution is 2.19. The molecule has 1 amide bonds. The second-order valence-electron chi connectivity index (χ2n) is 5.55. The van der Waals surface area contributed by atoms with E-state index in [1.807, 2.05) is 6.92 Å². The van der Waals surface area contributed by atoms with Gasteiger partial charge >= 0.3 is 0 Å². The largest absolute Gasteiger partial charge is 0.374 e. The van der Waals surface area contributed by atoms with Gasteiger partial charge in [0, 0.05) is 18.3 Å². The van der Waals surface area contributed by atoms with E-state index in [0.29, 0.717) is 18.7 Å². The summed E-state index contributed by atoms with van der Waals surface area (Å²) >= 11 is 0. The normalized spacial score (nSPS) is 21.3. The van der Waals surface area contributed by atoms with Gasteiger partial charge in [-0.3, -0.25) is 4.79 Å². The van der Waals surface area contributed by atoms with Gasteiger partial charge in [-0.05, 0) is 44.5 Å². The molecule has 1 saturated heterocycles. The minimum absolute atomic E-state index is 0.0375. The highest BCUT2D eigenvalue weighted by molar-refractivity contribution is 7.91. The molecule has 1 aromatic rings. The second kappa shape index (κ2) is 6.64. The van der Waals surface area contributed by atoms with Crippen LogP contribution in [0.5, 0.6) is 0 Å². The van der Waals surface area contributed by atoms with Crippen LogP contribution in [0.3, 0.4) is 0 Å². The van der Waals surface area contributed by atoms with Crippen molar-refractivity contribution in [3.8, 4) is 0 Å². The molecule has 2 rings (SSSR count). The number of sulfone groups is 1. The van der Waals surface area contributed by atoms with Gasteiger partial charge in [0.05, 0.1) is 11.5 Å². The summed E-state index contributed by atoms with van der Waals surface area (Å²) in [6, 6.07) is 5.01. The average Bonchev–Trinajstić information content (AvgIpc) is 2.82. The van der Waals surface area contributed by atoms with Gasteiger partial charge in [-0.2, -0.15) is 0 Å². The van der Waals surface area contributed by atoms with Crippen LogP contribution in [0.1, 0.15) is 20.3 Å². The molecule has 1 N–H and O–H groups in total. The fraction of sp³-hybridized carbons (Fsp3) is 0.533. The van der Waals surface area contributed by atoms with E-state index in [9.17, 15) is 17.6 Å². The highest BCUT2D eigenvalue weighted by atomic mass is 32.2. The van der Waals surface area contributed by atoms with E-state index in [4.69, 9.17) is 0 Å². The topological polar surface area (TPSA) is 66.5 Å². The van der Waals surface area contributed by atoms with Crippen molar-refractivity contribution >= 4 is 21.4 Å².